The van der Waals surface area contributed by atoms with E-state index in [1.165, 1.54) is 49.3 Å². The number of ether oxygens (including phenoxy) is 10. The van der Waals surface area contributed by atoms with Crippen LogP contribution in [0.1, 0.15) is 108 Å². The standard InChI is InChI=1S/C59H76O14/c1-6-45(72-56(62)9-4)36-70-53-29-47(14-16-50(53)58-30-39-23-40(31-58)25-41(24-39)32-58)69-38-49(73-57(63)10-5)12-11-48(66-21-22-68-55(61)8-3)37-71-52-28-46(65-19-17-64-18-20-67-54(60)7-2)13-15-51(52)59-33-42-26-43(34-59)44(27-42)35-59/h7-10,13-16,28-29,39-45,48-49H,2-6,11-12,17-27,30-38H2,1H3. The zero-order chi connectivity index (χ0) is 51.4. The van der Waals surface area contributed by atoms with Gasteiger partial charge >= 0.3 is 23.9 Å². The minimum absolute atomic E-state index is 0.0132. The molecule has 10 rings (SSSR count). The van der Waals surface area contributed by atoms with Crippen molar-refractivity contribution < 1.29 is 66.5 Å². The van der Waals surface area contributed by atoms with Crippen LogP contribution in [0.4, 0.5) is 0 Å². The van der Waals surface area contributed by atoms with Crippen LogP contribution in [-0.2, 0) is 58.4 Å². The Labute approximate surface area is 431 Å². The number of benzene rings is 2. The van der Waals surface area contributed by atoms with E-state index in [-0.39, 0.29) is 63.7 Å². The molecule has 5 atom stereocenters. The summed E-state index contributed by atoms with van der Waals surface area (Å²) in [5, 5.41) is 0. The Morgan fingerprint density at radius 1 is 0.521 bits per heavy atom. The average molecular weight is 1010 g/mol. The molecule has 0 saturated heterocycles. The molecule has 396 valence electrons. The van der Waals surface area contributed by atoms with Crippen LogP contribution < -0.4 is 18.9 Å². The number of carbonyl (C=O) groups is 4. The van der Waals surface area contributed by atoms with E-state index in [2.05, 4.69) is 38.4 Å². The van der Waals surface area contributed by atoms with Gasteiger partial charge in [0.05, 0.1) is 25.9 Å². The van der Waals surface area contributed by atoms with Crippen molar-refractivity contribution in [3.05, 3.63) is 98.1 Å². The topological polar surface area (TPSA) is 161 Å². The maximum absolute atomic E-state index is 12.8. The van der Waals surface area contributed by atoms with Gasteiger partial charge in [0, 0.05) is 47.6 Å². The van der Waals surface area contributed by atoms with Gasteiger partial charge in [-0.3, -0.25) is 0 Å². The van der Waals surface area contributed by atoms with Gasteiger partial charge in [0.1, 0.15) is 74.8 Å². The second-order valence-corrected chi connectivity index (χ2v) is 21.4. The minimum atomic E-state index is -0.697. The van der Waals surface area contributed by atoms with E-state index in [4.69, 9.17) is 47.4 Å². The van der Waals surface area contributed by atoms with Gasteiger partial charge in [-0.2, -0.15) is 0 Å². The van der Waals surface area contributed by atoms with E-state index in [1.807, 2.05) is 31.2 Å². The Morgan fingerprint density at radius 2 is 0.973 bits per heavy atom. The smallest absolute Gasteiger partial charge is 0.330 e. The first kappa shape index (κ1) is 53.7. The Morgan fingerprint density at radius 3 is 1.51 bits per heavy atom. The summed E-state index contributed by atoms with van der Waals surface area (Å²) in [6.07, 6.45) is 17.6. The summed E-state index contributed by atoms with van der Waals surface area (Å²) in [5.41, 5.74) is 2.42. The summed E-state index contributed by atoms with van der Waals surface area (Å²) in [5.74, 6) is 4.88. The summed E-state index contributed by atoms with van der Waals surface area (Å²) in [4.78, 5) is 48.3. The Bertz CT molecular complexity index is 2230. The van der Waals surface area contributed by atoms with Gasteiger partial charge in [-0.15, -0.1) is 0 Å². The molecule has 14 nitrogen and oxygen atoms in total. The highest BCUT2D eigenvalue weighted by Gasteiger charge is 2.57. The van der Waals surface area contributed by atoms with Crippen molar-refractivity contribution in [3.63, 3.8) is 0 Å². The first-order valence-electron chi connectivity index (χ1n) is 26.7. The summed E-state index contributed by atoms with van der Waals surface area (Å²) in [6.45, 7) is 17.5. The largest absolute Gasteiger partial charge is 0.491 e. The van der Waals surface area contributed by atoms with E-state index in [0.29, 0.717) is 37.4 Å². The molecule has 8 aliphatic rings. The summed E-state index contributed by atoms with van der Waals surface area (Å²) in [7, 11) is 0. The number of hydrogen-bond donors (Lipinski definition) is 0. The molecule has 8 bridgehead atoms. The fraction of sp³-hybridized carbons (Fsp3) is 0.593. The minimum Gasteiger partial charge on any atom is -0.491 e. The van der Waals surface area contributed by atoms with Crippen molar-refractivity contribution in [2.75, 3.05) is 59.5 Å². The maximum atomic E-state index is 12.8. The Balaban J connectivity index is 0.967. The molecule has 0 aliphatic heterocycles. The Kier molecular flexibility index (Phi) is 18.4. The summed E-state index contributed by atoms with van der Waals surface area (Å²) >= 11 is 0. The zero-order valence-electron chi connectivity index (χ0n) is 42.8. The van der Waals surface area contributed by atoms with Gasteiger partial charge in [0.15, 0.2) is 0 Å². The van der Waals surface area contributed by atoms with E-state index < -0.39 is 42.2 Å². The van der Waals surface area contributed by atoms with Crippen molar-refractivity contribution in [2.24, 2.45) is 35.5 Å². The van der Waals surface area contributed by atoms with Gasteiger partial charge in [0.2, 0.25) is 0 Å². The fourth-order valence-electron chi connectivity index (χ4n) is 13.9. The molecular formula is C59H76O14. The van der Waals surface area contributed by atoms with Crippen LogP contribution in [0, 0.1) is 35.5 Å². The summed E-state index contributed by atoms with van der Waals surface area (Å²) in [6, 6.07) is 12.2. The first-order chi connectivity index (χ1) is 35.4. The lowest BCUT2D eigenvalue weighted by Gasteiger charge is -2.57. The second kappa shape index (κ2) is 25.1. The highest BCUT2D eigenvalue weighted by atomic mass is 16.6. The zero-order valence-corrected chi connectivity index (χ0v) is 42.8. The molecule has 8 aliphatic carbocycles. The SMILES string of the molecule is C=CC(=O)OCCOCCOc1ccc(C23CC4CC(C2)C(C4)C3)c(OCC(CCC(COc2ccc(C34CC5CC(CC(C5)C3)C4)c(OCC(CC)OC(=O)C=C)c2)OC(=O)C=C)OCCOC(=O)C=C)c1. The molecule has 2 aromatic carbocycles. The lowest BCUT2D eigenvalue weighted by Crippen LogP contribution is -2.48. The molecule has 8 saturated carbocycles. The van der Waals surface area contributed by atoms with E-state index in [1.54, 1.807) is 0 Å². The molecule has 8 fully saturated rings. The predicted octanol–water partition coefficient (Wildman–Crippen LogP) is 9.69. The van der Waals surface area contributed by atoms with Gasteiger partial charge in [-0.25, -0.2) is 19.2 Å². The highest BCUT2D eigenvalue weighted by molar-refractivity contribution is 5.82. The summed E-state index contributed by atoms with van der Waals surface area (Å²) < 4.78 is 59.8. The van der Waals surface area contributed by atoms with Gasteiger partial charge in [-0.05, 0) is 148 Å². The van der Waals surface area contributed by atoms with Crippen LogP contribution in [0.2, 0.25) is 0 Å². The monoisotopic (exact) mass is 1010 g/mol. The molecule has 73 heavy (non-hydrogen) atoms. The molecule has 0 spiro atoms. The number of hydrogen-bond acceptors (Lipinski definition) is 14. The molecule has 14 heteroatoms. The molecule has 0 heterocycles. The van der Waals surface area contributed by atoms with E-state index >= 15 is 0 Å². The molecule has 2 aromatic rings. The van der Waals surface area contributed by atoms with Crippen LogP contribution >= 0.6 is 0 Å². The third kappa shape index (κ3) is 13.8. The third-order valence-corrected chi connectivity index (χ3v) is 16.4. The van der Waals surface area contributed by atoms with Crippen LogP contribution in [0.3, 0.4) is 0 Å². The van der Waals surface area contributed by atoms with Gasteiger partial charge in [0.25, 0.3) is 0 Å². The van der Waals surface area contributed by atoms with Crippen LogP contribution in [0.15, 0.2) is 87.0 Å². The van der Waals surface area contributed by atoms with Crippen LogP contribution in [-0.4, -0.2) is 102 Å². The average Bonchev–Trinajstić information content (AvgIpc) is 3.82. The van der Waals surface area contributed by atoms with Gasteiger partial charge < -0.3 is 47.4 Å². The van der Waals surface area contributed by atoms with E-state index in [0.717, 1.165) is 104 Å². The normalized spacial score (nSPS) is 27.0. The lowest BCUT2D eigenvalue weighted by molar-refractivity contribution is -0.146. The van der Waals surface area contributed by atoms with Crippen molar-refractivity contribution in [1.29, 1.82) is 0 Å². The predicted molar refractivity (Wildman–Crippen MR) is 272 cm³/mol. The van der Waals surface area contributed by atoms with Crippen molar-refractivity contribution >= 4 is 23.9 Å². The van der Waals surface area contributed by atoms with Crippen molar-refractivity contribution in [2.45, 2.75) is 126 Å². The number of carbonyl (C=O) groups excluding carboxylic acids is 4. The van der Waals surface area contributed by atoms with Gasteiger partial charge in [-0.1, -0.05) is 45.4 Å². The molecule has 0 N–H and O–H groups in total. The first-order valence-corrected chi connectivity index (χ1v) is 26.7. The highest BCUT2D eigenvalue weighted by Crippen LogP contribution is 2.66. The molecule has 0 radical (unpaired) electrons. The number of esters is 4. The van der Waals surface area contributed by atoms with Crippen molar-refractivity contribution in [1.82, 2.24) is 0 Å². The maximum Gasteiger partial charge on any atom is 0.330 e. The molecule has 5 unspecified atom stereocenters. The quantitative estimate of drug-likeness (QED) is 0.0295. The lowest BCUT2D eigenvalue weighted by atomic mass is 9.48. The Hall–Kier alpha value is -5.60. The second-order valence-electron chi connectivity index (χ2n) is 21.4. The number of rotatable bonds is 32. The van der Waals surface area contributed by atoms with E-state index in [9.17, 15) is 19.2 Å². The van der Waals surface area contributed by atoms with Crippen molar-refractivity contribution in [3.8, 4) is 23.0 Å². The fourth-order valence-corrected chi connectivity index (χ4v) is 13.9. The molecule has 0 aromatic heterocycles. The molecular weight excluding hydrogens is 933 g/mol. The van der Waals surface area contributed by atoms with Crippen LogP contribution in [0.5, 0.6) is 23.0 Å². The third-order valence-electron chi connectivity index (χ3n) is 16.4. The molecule has 0 amide bonds. The van der Waals surface area contributed by atoms with Crippen LogP contribution in [0.25, 0.3) is 0 Å².